The van der Waals surface area contributed by atoms with Crippen molar-refractivity contribution in [2.75, 3.05) is 26.2 Å². The van der Waals surface area contributed by atoms with Crippen LogP contribution in [0.1, 0.15) is 0 Å². The highest BCUT2D eigenvalue weighted by atomic mass is 35.5. The van der Waals surface area contributed by atoms with E-state index in [9.17, 15) is 9.59 Å². The Kier molecular flexibility index (Phi) is 3.94. The Morgan fingerprint density at radius 2 is 2.00 bits per heavy atom. The van der Waals surface area contributed by atoms with Crippen molar-refractivity contribution in [3.05, 3.63) is 45.8 Å². The molecule has 0 radical (unpaired) electrons. The lowest BCUT2D eigenvalue weighted by molar-refractivity contribution is -0.132. The molecule has 1 aliphatic heterocycles. The maximum Gasteiger partial charge on any atom is 0.258 e. The molecule has 0 bridgehead atoms. The first-order valence-electron chi connectivity index (χ1n) is 6.92. The smallest absolute Gasteiger partial charge is 0.258 e. The first-order valence-corrected chi connectivity index (χ1v) is 7.30. The van der Waals surface area contributed by atoms with Crippen molar-refractivity contribution >= 4 is 28.3 Å². The molecule has 0 unspecified atom stereocenters. The van der Waals surface area contributed by atoms with Crippen molar-refractivity contribution in [3.63, 3.8) is 0 Å². The SMILES string of the molecule is O=C(Cn1ccc2ccc(Cl)cc2c1=O)N1CCNCC1. The van der Waals surface area contributed by atoms with Gasteiger partial charge < -0.3 is 14.8 Å². The average molecular weight is 306 g/mol. The zero-order valence-corrected chi connectivity index (χ0v) is 12.3. The summed E-state index contributed by atoms with van der Waals surface area (Å²) in [4.78, 5) is 26.4. The van der Waals surface area contributed by atoms with E-state index in [2.05, 4.69) is 5.32 Å². The molecule has 1 aromatic heterocycles. The summed E-state index contributed by atoms with van der Waals surface area (Å²) in [5.41, 5.74) is -0.182. The molecule has 0 spiro atoms. The van der Waals surface area contributed by atoms with Gasteiger partial charge in [0.05, 0.1) is 0 Å². The standard InChI is InChI=1S/C15H16ClN3O2/c16-12-2-1-11-3-6-19(15(21)13(11)9-12)10-14(20)18-7-4-17-5-8-18/h1-3,6,9,17H,4-5,7-8,10H2. The van der Waals surface area contributed by atoms with Crippen LogP contribution in [0, 0.1) is 0 Å². The largest absolute Gasteiger partial charge is 0.339 e. The Morgan fingerprint density at radius 3 is 2.76 bits per heavy atom. The van der Waals surface area contributed by atoms with Gasteiger partial charge in [-0.1, -0.05) is 17.7 Å². The lowest BCUT2D eigenvalue weighted by atomic mass is 10.2. The van der Waals surface area contributed by atoms with Crippen LogP contribution in [0.3, 0.4) is 0 Å². The number of nitrogens with one attached hydrogen (secondary N) is 1. The molecular weight excluding hydrogens is 290 g/mol. The molecule has 0 atom stereocenters. The van der Waals surface area contributed by atoms with Gasteiger partial charge in [0.15, 0.2) is 0 Å². The topological polar surface area (TPSA) is 54.3 Å². The number of aromatic nitrogens is 1. The quantitative estimate of drug-likeness (QED) is 0.903. The van der Waals surface area contributed by atoms with Crippen molar-refractivity contribution < 1.29 is 4.79 Å². The summed E-state index contributed by atoms with van der Waals surface area (Å²) in [5, 5.41) is 5.09. The van der Waals surface area contributed by atoms with Gasteiger partial charge in [0.25, 0.3) is 5.56 Å². The van der Waals surface area contributed by atoms with Crippen LogP contribution in [-0.4, -0.2) is 41.6 Å². The number of carbonyl (C=O) groups excluding carboxylic acids is 1. The second kappa shape index (κ2) is 5.87. The van der Waals surface area contributed by atoms with E-state index >= 15 is 0 Å². The van der Waals surface area contributed by atoms with Gasteiger partial charge in [-0.15, -0.1) is 0 Å². The fourth-order valence-corrected chi connectivity index (χ4v) is 2.71. The third kappa shape index (κ3) is 2.94. The summed E-state index contributed by atoms with van der Waals surface area (Å²) < 4.78 is 1.45. The molecule has 0 saturated carbocycles. The van der Waals surface area contributed by atoms with Crippen molar-refractivity contribution in [2.45, 2.75) is 6.54 Å². The fraction of sp³-hybridized carbons (Fsp3) is 0.333. The minimum Gasteiger partial charge on any atom is -0.339 e. The number of rotatable bonds is 2. The zero-order valence-electron chi connectivity index (χ0n) is 11.5. The number of nitrogens with zero attached hydrogens (tertiary/aromatic N) is 2. The van der Waals surface area contributed by atoms with E-state index in [0.717, 1.165) is 18.5 Å². The van der Waals surface area contributed by atoms with Crippen LogP contribution < -0.4 is 10.9 Å². The third-order valence-electron chi connectivity index (χ3n) is 3.72. The van der Waals surface area contributed by atoms with Gasteiger partial charge in [-0.05, 0) is 23.6 Å². The van der Waals surface area contributed by atoms with Crippen molar-refractivity contribution in [2.24, 2.45) is 0 Å². The number of hydrogen-bond donors (Lipinski definition) is 1. The first kappa shape index (κ1) is 14.1. The van der Waals surface area contributed by atoms with Crippen molar-refractivity contribution in [1.29, 1.82) is 0 Å². The number of pyridine rings is 1. The van der Waals surface area contributed by atoms with Gasteiger partial charge in [0.2, 0.25) is 5.91 Å². The van der Waals surface area contributed by atoms with Gasteiger partial charge >= 0.3 is 0 Å². The molecule has 0 aliphatic carbocycles. The average Bonchev–Trinajstić information content (AvgIpc) is 2.51. The molecule has 2 aromatic rings. The second-order valence-corrected chi connectivity index (χ2v) is 5.55. The Labute approximate surface area is 127 Å². The molecule has 21 heavy (non-hydrogen) atoms. The minimum atomic E-state index is -0.182. The predicted molar refractivity (Wildman–Crippen MR) is 82.7 cm³/mol. The van der Waals surface area contributed by atoms with E-state index in [1.54, 1.807) is 23.2 Å². The molecule has 1 amide bonds. The third-order valence-corrected chi connectivity index (χ3v) is 3.95. The summed E-state index contributed by atoms with van der Waals surface area (Å²) >= 11 is 5.94. The summed E-state index contributed by atoms with van der Waals surface area (Å²) in [6.45, 7) is 3.04. The normalized spacial score (nSPS) is 15.4. The summed E-state index contributed by atoms with van der Waals surface area (Å²) in [5.74, 6) is -0.0278. The lowest BCUT2D eigenvalue weighted by Crippen LogP contribution is -2.48. The molecule has 110 valence electrons. The number of fused-ring (bicyclic) bond motifs is 1. The van der Waals surface area contributed by atoms with Crippen LogP contribution in [-0.2, 0) is 11.3 Å². The fourth-order valence-electron chi connectivity index (χ4n) is 2.54. The summed E-state index contributed by atoms with van der Waals surface area (Å²) in [6.07, 6.45) is 1.67. The molecule has 1 aromatic carbocycles. The van der Waals surface area contributed by atoms with Gasteiger partial charge in [-0.2, -0.15) is 0 Å². The van der Waals surface area contributed by atoms with Gasteiger partial charge in [-0.3, -0.25) is 9.59 Å². The number of benzene rings is 1. The highest BCUT2D eigenvalue weighted by molar-refractivity contribution is 6.31. The Balaban J connectivity index is 1.88. The number of hydrogen-bond acceptors (Lipinski definition) is 3. The lowest BCUT2D eigenvalue weighted by Gasteiger charge is -2.27. The Hall–Kier alpha value is -1.85. The molecule has 5 nitrogen and oxygen atoms in total. The first-order chi connectivity index (χ1) is 10.1. The monoisotopic (exact) mass is 305 g/mol. The highest BCUT2D eigenvalue weighted by Crippen LogP contribution is 2.15. The predicted octanol–water partition coefficient (Wildman–Crippen LogP) is 1.09. The van der Waals surface area contributed by atoms with Crippen LogP contribution in [0.2, 0.25) is 5.02 Å². The number of amides is 1. The molecule has 2 heterocycles. The maximum absolute atomic E-state index is 12.4. The highest BCUT2D eigenvalue weighted by Gasteiger charge is 2.17. The maximum atomic E-state index is 12.4. The van der Waals surface area contributed by atoms with Crippen LogP contribution >= 0.6 is 11.6 Å². The van der Waals surface area contributed by atoms with Gasteiger partial charge in [-0.25, -0.2) is 0 Å². The van der Waals surface area contributed by atoms with Crippen LogP contribution in [0.5, 0.6) is 0 Å². The Bertz CT molecular complexity index is 735. The number of piperazine rings is 1. The zero-order chi connectivity index (χ0) is 14.8. The van der Waals surface area contributed by atoms with Crippen molar-refractivity contribution in [1.82, 2.24) is 14.8 Å². The second-order valence-electron chi connectivity index (χ2n) is 5.11. The van der Waals surface area contributed by atoms with E-state index in [4.69, 9.17) is 11.6 Å². The summed E-state index contributed by atoms with van der Waals surface area (Å²) in [7, 11) is 0. The van der Waals surface area contributed by atoms with Gasteiger partial charge in [0.1, 0.15) is 6.54 Å². The molecule has 1 N–H and O–H groups in total. The van der Waals surface area contributed by atoms with Crippen LogP contribution in [0.15, 0.2) is 35.3 Å². The van der Waals surface area contributed by atoms with E-state index < -0.39 is 0 Å². The van der Waals surface area contributed by atoms with E-state index in [1.165, 1.54) is 4.57 Å². The van der Waals surface area contributed by atoms with E-state index in [-0.39, 0.29) is 18.0 Å². The van der Waals surface area contributed by atoms with E-state index in [1.807, 2.05) is 12.1 Å². The number of carbonyl (C=O) groups is 1. The number of halogens is 1. The molecule has 3 rings (SSSR count). The van der Waals surface area contributed by atoms with Crippen LogP contribution in [0.25, 0.3) is 10.8 Å². The molecule has 6 heteroatoms. The van der Waals surface area contributed by atoms with Gasteiger partial charge in [0, 0.05) is 42.8 Å². The molecular formula is C15H16ClN3O2. The molecule has 1 saturated heterocycles. The molecule has 1 aliphatic rings. The van der Waals surface area contributed by atoms with Crippen LogP contribution in [0.4, 0.5) is 0 Å². The van der Waals surface area contributed by atoms with Crippen molar-refractivity contribution in [3.8, 4) is 0 Å². The minimum absolute atomic E-state index is 0.0278. The summed E-state index contributed by atoms with van der Waals surface area (Å²) in [6, 6.07) is 7.03. The molecule has 1 fully saturated rings. The van der Waals surface area contributed by atoms with E-state index in [0.29, 0.717) is 23.5 Å². The Morgan fingerprint density at radius 1 is 1.24 bits per heavy atom.